The first kappa shape index (κ1) is 11.8. The first-order valence-corrected chi connectivity index (χ1v) is 10.0. The molecule has 23 heavy (non-hydrogen) atoms. The lowest BCUT2D eigenvalue weighted by atomic mass is 9.75. The number of hydrogen-bond acceptors (Lipinski definition) is 4. The summed E-state index contributed by atoms with van der Waals surface area (Å²) in [4.78, 5) is 6.10. The molecule has 0 bridgehead atoms. The summed E-state index contributed by atoms with van der Waals surface area (Å²) in [6, 6.07) is 0.397. The molecule has 124 valence electrons. The van der Waals surface area contributed by atoms with Gasteiger partial charge in [0.2, 0.25) is 0 Å². The largest absolute Gasteiger partial charge is 0.472 e. The fourth-order valence-corrected chi connectivity index (χ4v) is 6.45. The molecule has 5 aliphatic rings. The lowest BCUT2D eigenvalue weighted by molar-refractivity contribution is 0.127. The van der Waals surface area contributed by atoms with Crippen molar-refractivity contribution in [1.82, 2.24) is 5.32 Å². The Bertz CT molecular complexity index is 699. The smallest absolute Gasteiger partial charge is 0.192 e. The quantitative estimate of drug-likeness (QED) is 0.791. The summed E-state index contributed by atoms with van der Waals surface area (Å²) in [5, 5.41) is 3.73. The van der Waals surface area contributed by atoms with Crippen molar-refractivity contribution < 1.29 is 8.85 Å². The summed E-state index contributed by atoms with van der Waals surface area (Å²) < 4.78 is 29.4. The van der Waals surface area contributed by atoms with E-state index in [4.69, 9.17) is 8.85 Å². The van der Waals surface area contributed by atoms with Crippen molar-refractivity contribution in [3.8, 4) is 0 Å². The highest BCUT2D eigenvalue weighted by Gasteiger charge is 2.47. The molecule has 0 aromatic heterocycles. The van der Waals surface area contributed by atoms with E-state index in [1.54, 1.807) is 4.91 Å². The third-order valence-electron chi connectivity index (χ3n) is 6.22. The Morgan fingerprint density at radius 2 is 2.30 bits per heavy atom. The normalized spacial score (nSPS) is 44.9. The molecule has 0 saturated carbocycles. The molecule has 2 saturated heterocycles. The Balaban J connectivity index is 1.47. The predicted molar refractivity (Wildman–Crippen MR) is 95.5 cm³/mol. The summed E-state index contributed by atoms with van der Waals surface area (Å²) in [5.41, 5.74) is 1.81. The van der Waals surface area contributed by atoms with E-state index in [1.807, 2.05) is 11.8 Å². The minimum absolute atomic E-state index is 0.274. The monoisotopic (exact) mass is 333 g/mol. The van der Waals surface area contributed by atoms with E-state index in [9.17, 15) is 0 Å². The molecule has 3 nitrogen and oxygen atoms in total. The topological polar surface area (TPSA) is 33.6 Å². The van der Waals surface area contributed by atoms with Crippen LogP contribution in [-0.2, 0) is 4.74 Å². The van der Waals surface area contributed by atoms with Crippen molar-refractivity contribution >= 4 is 17.5 Å². The molecule has 0 spiro atoms. The van der Waals surface area contributed by atoms with Crippen LogP contribution < -0.4 is 5.32 Å². The first-order chi connectivity index (χ1) is 12.5. The van der Waals surface area contributed by atoms with Crippen LogP contribution in [0.2, 0.25) is 0 Å². The lowest BCUT2D eigenvalue weighted by Crippen LogP contribution is -2.42. The molecule has 4 aliphatic heterocycles. The number of rotatable bonds is 1. The highest BCUT2D eigenvalue weighted by molar-refractivity contribution is 8.03. The number of ether oxygens (including phenoxy) is 1. The van der Waals surface area contributed by atoms with E-state index < -0.39 is 6.85 Å². The number of fused-ring (bicyclic) bond motifs is 4. The van der Waals surface area contributed by atoms with Gasteiger partial charge in [0.15, 0.2) is 6.23 Å². The third-order valence-corrected chi connectivity index (χ3v) is 7.47. The Labute approximate surface area is 147 Å². The SMILES string of the molecule is [2H]C([2H])([2H])C1=N[C@H]2OC3=C([C@@H]4NCC=C5SCC[C@@H]54)CCC[C@H]3C2CC1. The van der Waals surface area contributed by atoms with Crippen LogP contribution in [0.4, 0.5) is 0 Å². The van der Waals surface area contributed by atoms with Crippen LogP contribution in [-0.4, -0.2) is 30.3 Å². The number of nitrogens with zero attached hydrogens (tertiary/aromatic N) is 1. The average Bonchev–Trinajstić information content (AvgIpc) is 3.24. The van der Waals surface area contributed by atoms with Crippen LogP contribution in [0.3, 0.4) is 0 Å². The maximum atomic E-state index is 7.68. The van der Waals surface area contributed by atoms with Crippen LogP contribution >= 0.6 is 11.8 Å². The van der Waals surface area contributed by atoms with Gasteiger partial charge in [0.05, 0.1) is 0 Å². The first-order valence-electron chi connectivity index (χ1n) is 10.6. The molecule has 0 radical (unpaired) electrons. The fraction of sp³-hybridized carbons (Fsp3) is 0.737. The van der Waals surface area contributed by atoms with Gasteiger partial charge in [0.25, 0.3) is 0 Å². The summed E-state index contributed by atoms with van der Waals surface area (Å²) >= 11 is 2.02. The van der Waals surface area contributed by atoms with Crippen molar-refractivity contribution in [1.29, 1.82) is 0 Å². The zero-order chi connectivity index (χ0) is 17.9. The van der Waals surface area contributed by atoms with Gasteiger partial charge >= 0.3 is 0 Å². The molecule has 1 aliphatic carbocycles. The second kappa shape index (κ2) is 5.66. The van der Waals surface area contributed by atoms with E-state index in [0.717, 1.165) is 31.6 Å². The maximum absolute atomic E-state index is 7.68. The van der Waals surface area contributed by atoms with Gasteiger partial charge in [-0.2, -0.15) is 0 Å². The summed E-state index contributed by atoms with van der Waals surface area (Å²) in [6.07, 6.45) is 8.28. The second-order valence-electron chi connectivity index (χ2n) is 7.41. The van der Waals surface area contributed by atoms with Crippen molar-refractivity contribution in [2.24, 2.45) is 22.7 Å². The second-order valence-corrected chi connectivity index (χ2v) is 8.58. The Morgan fingerprint density at radius 1 is 1.30 bits per heavy atom. The molecule has 1 unspecified atom stereocenters. The minimum Gasteiger partial charge on any atom is -0.472 e. The molecular weight excluding hydrogens is 304 g/mol. The fourth-order valence-electron chi connectivity index (χ4n) is 5.18. The molecule has 2 fully saturated rings. The Morgan fingerprint density at radius 3 is 3.26 bits per heavy atom. The minimum atomic E-state index is -2.08. The van der Waals surface area contributed by atoms with Crippen molar-refractivity contribution in [3.63, 3.8) is 0 Å². The molecule has 5 rings (SSSR count). The van der Waals surface area contributed by atoms with Crippen molar-refractivity contribution in [2.75, 3.05) is 12.3 Å². The van der Waals surface area contributed by atoms with Gasteiger partial charge in [-0.1, -0.05) is 6.08 Å². The third kappa shape index (κ3) is 2.32. The molecular formula is C19H26N2OS. The Kier molecular flexibility index (Phi) is 2.89. The van der Waals surface area contributed by atoms with Gasteiger partial charge in [-0.05, 0) is 61.6 Å². The molecule has 0 aromatic carbocycles. The van der Waals surface area contributed by atoms with Crippen molar-refractivity contribution in [3.05, 3.63) is 22.3 Å². The van der Waals surface area contributed by atoms with Gasteiger partial charge in [0, 0.05) is 40.2 Å². The highest BCUT2D eigenvalue weighted by atomic mass is 32.2. The standard InChI is InChI=1S/C19H26N2OS/c1-11-5-6-13-12-3-2-4-15(18(12)22-19(13)21-11)17-14-8-10-23-16(14)7-9-20-17/h7,12-14,17,19-20H,2-6,8-10H2,1H3/t12-,13?,14-,17+,19-/m0/s1/i1D3. The van der Waals surface area contributed by atoms with Gasteiger partial charge in [-0.3, -0.25) is 4.99 Å². The van der Waals surface area contributed by atoms with E-state index in [0.29, 0.717) is 35.9 Å². The molecule has 5 atom stereocenters. The van der Waals surface area contributed by atoms with Crippen LogP contribution in [0.1, 0.15) is 49.5 Å². The zero-order valence-electron chi connectivity index (χ0n) is 16.4. The summed E-state index contributed by atoms with van der Waals surface area (Å²) in [5.74, 6) is 3.79. The average molecular weight is 334 g/mol. The number of nitrogens with one attached hydrogen (secondary N) is 1. The number of hydrogen-bond donors (Lipinski definition) is 1. The zero-order valence-corrected chi connectivity index (χ0v) is 14.2. The summed E-state index contributed by atoms with van der Waals surface area (Å²) in [7, 11) is 0. The summed E-state index contributed by atoms with van der Waals surface area (Å²) in [6.45, 7) is -1.13. The van der Waals surface area contributed by atoms with Gasteiger partial charge < -0.3 is 10.1 Å². The van der Waals surface area contributed by atoms with E-state index in [2.05, 4.69) is 16.4 Å². The van der Waals surface area contributed by atoms with Crippen LogP contribution in [0.25, 0.3) is 0 Å². The molecule has 0 amide bonds. The van der Waals surface area contributed by atoms with E-state index >= 15 is 0 Å². The maximum Gasteiger partial charge on any atom is 0.192 e. The highest BCUT2D eigenvalue weighted by Crippen LogP contribution is 2.51. The van der Waals surface area contributed by atoms with E-state index in [-0.39, 0.29) is 6.23 Å². The molecule has 1 N–H and O–H groups in total. The predicted octanol–water partition coefficient (Wildman–Crippen LogP) is 3.88. The van der Waals surface area contributed by atoms with Crippen LogP contribution in [0.5, 0.6) is 0 Å². The van der Waals surface area contributed by atoms with Gasteiger partial charge in [-0.25, -0.2) is 0 Å². The molecule has 4 heterocycles. The van der Waals surface area contributed by atoms with Crippen LogP contribution in [0, 0.1) is 17.8 Å². The van der Waals surface area contributed by atoms with Gasteiger partial charge in [0.1, 0.15) is 5.76 Å². The number of aliphatic imine (C=N–C) groups is 1. The van der Waals surface area contributed by atoms with Crippen molar-refractivity contribution in [2.45, 2.75) is 57.6 Å². The number of thioether (sulfide) groups is 1. The molecule has 4 heteroatoms. The Hall–Kier alpha value is -0.740. The van der Waals surface area contributed by atoms with E-state index in [1.165, 1.54) is 24.2 Å². The van der Waals surface area contributed by atoms with Gasteiger partial charge in [-0.15, -0.1) is 11.8 Å². The number of allylic oxidation sites excluding steroid dienone is 1. The van der Waals surface area contributed by atoms with Crippen LogP contribution in [0.15, 0.2) is 27.3 Å². The molecule has 0 aromatic rings. The lowest BCUT2D eigenvalue weighted by Gasteiger charge is -2.35.